The molecule has 0 unspecified atom stereocenters. The SMILES string of the molecule is O=Cc1cccc(NS(=O)(=O)c2ccccc2)c1. The van der Waals surface area contributed by atoms with Crippen LogP contribution in [0.1, 0.15) is 10.4 Å². The molecule has 0 bridgehead atoms. The van der Waals surface area contributed by atoms with Gasteiger partial charge in [0.05, 0.1) is 4.90 Å². The summed E-state index contributed by atoms with van der Waals surface area (Å²) in [5, 5.41) is 0. The van der Waals surface area contributed by atoms with Gasteiger partial charge < -0.3 is 0 Å². The van der Waals surface area contributed by atoms with Crippen molar-refractivity contribution in [2.24, 2.45) is 0 Å². The lowest BCUT2D eigenvalue weighted by atomic mass is 10.2. The van der Waals surface area contributed by atoms with E-state index < -0.39 is 10.0 Å². The molecule has 0 aliphatic rings. The third-order valence-electron chi connectivity index (χ3n) is 2.33. The Hall–Kier alpha value is -2.14. The van der Waals surface area contributed by atoms with Gasteiger partial charge in [0.2, 0.25) is 0 Å². The van der Waals surface area contributed by atoms with Crippen LogP contribution in [0, 0.1) is 0 Å². The van der Waals surface area contributed by atoms with Crippen molar-refractivity contribution < 1.29 is 13.2 Å². The first kappa shape index (κ1) is 12.3. The van der Waals surface area contributed by atoms with Crippen LogP contribution in [0.4, 0.5) is 5.69 Å². The molecule has 0 saturated carbocycles. The van der Waals surface area contributed by atoms with Gasteiger partial charge in [0, 0.05) is 11.3 Å². The van der Waals surface area contributed by atoms with Crippen molar-refractivity contribution in [3.63, 3.8) is 0 Å². The Morgan fingerprint density at radius 1 is 0.944 bits per heavy atom. The molecular weight excluding hydrogens is 250 g/mol. The Bertz CT molecular complexity index is 651. The van der Waals surface area contributed by atoms with Crippen molar-refractivity contribution in [2.45, 2.75) is 4.90 Å². The first-order valence-corrected chi connectivity index (χ1v) is 6.73. The summed E-state index contributed by atoms with van der Waals surface area (Å²) < 4.78 is 26.4. The number of hydrogen-bond acceptors (Lipinski definition) is 3. The third kappa shape index (κ3) is 2.75. The molecule has 5 heteroatoms. The third-order valence-corrected chi connectivity index (χ3v) is 3.73. The number of carbonyl (C=O) groups is 1. The minimum absolute atomic E-state index is 0.182. The standard InChI is InChI=1S/C13H11NO3S/c15-10-11-5-4-6-12(9-11)14-18(16,17)13-7-2-1-3-8-13/h1-10,14H. The van der Waals surface area contributed by atoms with Gasteiger partial charge >= 0.3 is 0 Å². The molecule has 2 aromatic carbocycles. The summed E-state index contributed by atoms with van der Waals surface area (Å²) in [6.07, 6.45) is 0.667. The second-order valence-corrected chi connectivity index (χ2v) is 5.34. The van der Waals surface area contributed by atoms with E-state index in [1.807, 2.05) is 0 Å². The summed E-state index contributed by atoms with van der Waals surface area (Å²) in [5.74, 6) is 0. The predicted molar refractivity (Wildman–Crippen MR) is 69.1 cm³/mol. The van der Waals surface area contributed by atoms with Crippen molar-refractivity contribution in [1.82, 2.24) is 0 Å². The number of nitrogens with one attached hydrogen (secondary N) is 1. The smallest absolute Gasteiger partial charge is 0.261 e. The summed E-state index contributed by atoms with van der Waals surface area (Å²) in [6.45, 7) is 0. The first-order chi connectivity index (χ1) is 8.62. The molecule has 92 valence electrons. The van der Waals surface area contributed by atoms with Gasteiger partial charge in [-0.05, 0) is 24.3 Å². The Balaban J connectivity index is 2.31. The normalized spacial score (nSPS) is 10.9. The highest BCUT2D eigenvalue weighted by Gasteiger charge is 2.13. The van der Waals surface area contributed by atoms with Crippen LogP contribution in [-0.4, -0.2) is 14.7 Å². The zero-order valence-electron chi connectivity index (χ0n) is 9.41. The van der Waals surface area contributed by atoms with Crippen LogP contribution in [-0.2, 0) is 10.0 Å². The molecule has 0 heterocycles. The molecular formula is C13H11NO3S. The molecule has 0 amide bonds. The van der Waals surface area contributed by atoms with E-state index in [-0.39, 0.29) is 4.90 Å². The Kier molecular flexibility index (Phi) is 3.43. The number of anilines is 1. The minimum atomic E-state index is -3.60. The van der Waals surface area contributed by atoms with E-state index >= 15 is 0 Å². The van der Waals surface area contributed by atoms with E-state index in [0.717, 1.165) is 0 Å². The van der Waals surface area contributed by atoms with Crippen LogP contribution in [0.15, 0.2) is 59.5 Å². The largest absolute Gasteiger partial charge is 0.298 e. The molecule has 0 spiro atoms. The van der Waals surface area contributed by atoms with Gasteiger partial charge in [-0.15, -0.1) is 0 Å². The lowest BCUT2D eigenvalue weighted by Gasteiger charge is -2.08. The lowest BCUT2D eigenvalue weighted by Crippen LogP contribution is -2.12. The zero-order chi connectivity index (χ0) is 13.0. The summed E-state index contributed by atoms with van der Waals surface area (Å²) in [6, 6.07) is 14.3. The Morgan fingerprint density at radius 2 is 1.67 bits per heavy atom. The van der Waals surface area contributed by atoms with Crippen LogP contribution in [0.25, 0.3) is 0 Å². The fourth-order valence-electron chi connectivity index (χ4n) is 1.49. The molecule has 0 aliphatic heterocycles. The summed E-state index contributed by atoms with van der Waals surface area (Å²) in [4.78, 5) is 10.8. The second-order valence-electron chi connectivity index (χ2n) is 3.66. The Labute approximate surface area is 105 Å². The fourth-order valence-corrected chi connectivity index (χ4v) is 2.56. The molecule has 0 atom stereocenters. The molecule has 0 radical (unpaired) electrons. The quantitative estimate of drug-likeness (QED) is 0.859. The summed E-state index contributed by atoms with van der Waals surface area (Å²) >= 11 is 0. The Morgan fingerprint density at radius 3 is 2.33 bits per heavy atom. The van der Waals surface area contributed by atoms with Crippen molar-refractivity contribution >= 4 is 22.0 Å². The molecule has 2 aromatic rings. The van der Waals surface area contributed by atoms with E-state index in [2.05, 4.69) is 4.72 Å². The molecule has 0 aliphatic carbocycles. The maximum atomic E-state index is 12.0. The highest BCUT2D eigenvalue weighted by atomic mass is 32.2. The van der Waals surface area contributed by atoms with Crippen molar-refractivity contribution in [3.8, 4) is 0 Å². The molecule has 1 N–H and O–H groups in total. The van der Waals surface area contributed by atoms with Gasteiger partial charge in [-0.1, -0.05) is 30.3 Å². The topological polar surface area (TPSA) is 63.2 Å². The van der Waals surface area contributed by atoms with Crippen LogP contribution in [0.3, 0.4) is 0 Å². The van der Waals surface area contributed by atoms with Crippen molar-refractivity contribution in [3.05, 3.63) is 60.2 Å². The highest BCUT2D eigenvalue weighted by molar-refractivity contribution is 7.92. The first-order valence-electron chi connectivity index (χ1n) is 5.25. The number of sulfonamides is 1. The molecule has 18 heavy (non-hydrogen) atoms. The van der Waals surface area contributed by atoms with Crippen LogP contribution in [0.2, 0.25) is 0 Å². The van der Waals surface area contributed by atoms with Crippen LogP contribution in [0.5, 0.6) is 0 Å². The average molecular weight is 261 g/mol. The van der Waals surface area contributed by atoms with E-state index in [9.17, 15) is 13.2 Å². The van der Waals surface area contributed by atoms with Gasteiger partial charge in [-0.2, -0.15) is 0 Å². The van der Waals surface area contributed by atoms with Gasteiger partial charge in [0.25, 0.3) is 10.0 Å². The second kappa shape index (κ2) is 5.01. The minimum Gasteiger partial charge on any atom is -0.298 e. The van der Waals surface area contributed by atoms with Gasteiger partial charge in [-0.25, -0.2) is 8.42 Å². The number of aldehydes is 1. The number of rotatable bonds is 4. The highest BCUT2D eigenvalue weighted by Crippen LogP contribution is 2.16. The predicted octanol–water partition coefficient (Wildman–Crippen LogP) is 2.30. The molecule has 0 saturated heterocycles. The summed E-state index contributed by atoms with van der Waals surface area (Å²) in [7, 11) is -3.60. The van der Waals surface area contributed by atoms with E-state index in [4.69, 9.17) is 0 Å². The average Bonchev–Trinajstić information content (AvgIpc) is 2.39. The zero-order valence-corrected chi connectivity index (χ0v) is 10.2. The van der Waals surface area contributed by atoms with E-state index in [1.165, 1.54) is 18.2 Å². The van der Waals surface area contributed by atoms with E-state index in [1.54, 1.807) is 36.4 Å². The maximum absolute atomic E-state index is 12.0. The van der Waals surface area contributed by atoms with Crippen LogP contribution >= 0.6 is 0 Å². The lowest BCUT2D eigenvalue weighted by molar-refractivity contribution is 0.112. The number of benzene rings is 2. The number of hydrogen-bond donors (Lipinski definition) is 1. The fraction of sp³-hybridized carbons (Fsp3) is 0. The van der Waals surface area contributed by atoms with Gasteiger partial charge in [0.15, 0.2) is 0 Å². The molecule has 4 nitrogen and oxygen atoms in total. The molecule has 0 aromatic heterocycles. The van der Waals surface area contributed by atoms with Gasteiger partial charge in [0.1, 0.15) is 6.29 Å². The summed E-state index contributed by atoms with van der Waals surface area (Å²) in [5.41, 5.74) is 0.784. The van der Waals surface area contributed by atoms with E-state index in [0.29, 0.717) is 17.5 Å². The van der Waals surface area contributed by atoms with Crippen LogP contribution < -0.4 is 4.72 Å². The molecule has 0 fully saturated rings. The molecule has 2 rings (SSSR count). The van der Waals surface area contributed by atoms with Crippen molar-refractivity contribution in [1.29, 1.82) is 0 Å². The number of carbonyl (C=O) groups excluding carboxylic acids is 1. The van der Waals surface area contributed by atoms with Crippen molar-refractivity contribution in [2.75, 3.05) is 4.72 Å². The maximum Gasteiger partial charge on any atom is 0.261 e. The van der Waals surface area contributed by atoms with Gasteiger partial charge in [-0.3, -0.25) is 9.52 Å². The monoisotopic (exact) mass is 261 g/mol.